The largest absolute Gasteiger partial charge is 0.507 e. The van der Waals surface area contributed by atoms with Crippen molar-refractivity contribution in [2.24, 2.45) is 0 Å². The number of nitrogens with zero attached hydrogens (tertiary/aromatic N) is 1. The second-order valence-corrected chi connectivity index (χ2v) is 9.54. The van der Waals surface area contributed by atoms with Gasteiger partial charge in [-0.15, -0.1) is 11.3 Å². The fraction of sp³-hybridized carbons (Fsp3) is 0.259. The van der Waals surface area contributed by atoms with E-state index in [0.717, 1.165) is 21.6 Å². The highest BCUT2D eigenvalue weighted by Gasteiger charge is 2.48. The van der Waals surface area contributed by atoms with Crippen molar-refractivity contribution in [1.29, 1.82) is 0 Å². The third kappa shape index (κ3) is 4.18. The predicted molar refractivity (Wildman–Crippen MR) is 132 cm³/mol. The van der Waals surface area contributed by atoms with Crippen LogP contribution in [0.2, 0.25) is 0 Å². The highest BCUT2D eigenvalue weighted by molar-refractivity contribution is 7.10. The minimum atomic E-state index is -0.696. The molecule has 6 heteroatoms. The van der Waals surface area contributed by atoms with Gasteiger partial charge in [0, 0.05) is 16.1 Å². The van der Waals surface area contributed by atoms with Gasteiger partial charge in [-0.2, -0.15) is 0 Å². The maximum atomic E-state index is 13.3. The molecule has 1 amide bonds. The van der Waals surface area contributed by atoms with Crippen molar-refractivity contribution in [2.75, 3.05) is 4.90 Å². The maximum Gasteiger partial charge on any atom is 0.300 e. The van der Waals surface area contributed by atoms with E-state index in [-0.39, 0.29) is 17.4 Å². The van der Waals surface area contributed by atoms with Crippen LogP contribution in [0.1, 0.15) is 47.0 Å². The highest BCUT2D eigenvalue weighted by Crippen LogP contribution is 2.45. The van der Waals surface area contributed by atoms with E-state index in [2.05, 4.69) is 0 Å². The molecule has 0 saturated carbocycles. The van der Waals surface area contributed by atoms with E-state index in [1.807, 2.05) is 64.3 Å². The molecule has 5 nitrogen and oxygen atoms in total. The normalized spacial score (nSPS) is 17.8. The van der Waals surface area contributed by atoms with Gasteiger partial charge >= 0.3 is 0 Å². The summed E-state index contributed by atoms with van der Waals surface area (Å²) in [5.41, 5.74) is 4.29. The Labute approximate surface area is 197 Å². The number of aryl methyl sites for hydroxylation is 3. The number of Topliss-reactive ketones (excluding diaryl/α,β-unsaturated/α-hetero) is 1. The van der Waals surface area contributed by atoms with Crippen LogP contribution < -0.4 is 9.64 Å². The smallest absolute Gasteiger partial charge is 0.300 e. The molecule has 1 aromatic heterocycles. The number of amides is 1. The monoisotopic (exact) mass is 461 g/mol. The molecule has 3 aromatic rings. The van der Waals surface area contributed by atoms with Gasteiger partial charge in [0.25, 0.3) is 11.7 Å². The molecule has 1 N–H and O–H groups in total. The fourth-order valence-electron chi connectivity index (χ4n) is 4.01. The zero-order valence-electron chi connectivity index (χ0n) is 19.4. The van der Waals surface area contributed by atoms with E-state index >= 15 is 0 Å². The van der Waals surface area contributed by atoms with Crippen LogP contribution in [0.3, 0.4) is 0 Å². The predicted octanol–water partition coefficient (Wildman–Crippen LogP) is 6.09. The number of thiophene rings is 1. The molecule has 2 aromatic carbocycles. The molecule has 33 heavy (non-hydrogen) atoms. The Morgan fingerprint density at radius 2 is 1.67 bits per heavy atom. The maximum absolute atomic E-state index is 13.3. The van der Waals surface area contributed by atoms with Gasteiger partial charge in [-0.3, -0.25) is 14.5 Å². The van der Waals surface area contributed by atoms with Gasteiger partial charge in [-0.1, -0.05) is 6.07 Å². The molecule has 4 rings (SSSR count). The summed E-state index contributed by atoms with van der Waals surface area (Å²) in [5.74, 6) is -0.847. The molecule has 0 radical (unpaired) electrons. The second kappa shape index (κ2) is 8.87. The Balaban J connectivity index is 1.87. The van der Waals surface area contributed by atoms with Gasteiger partial charge in [0.05, 0.1) is 11.7 Å². The van der Waals surface area contributed by atoms with Crippen molar-refractivity contribution in [3.8, 4) is 5.75 Å². The number of aliphatic hydroxyl groups is 1. The number of benzene rings is 2. The number of ketones is 1. The average Bonchev–Trinajstić information content (AvgIpc) is 3.30. The van der Waals surface area contributed by atoms with Gasteiger partial charge in [-0.25, -0.2) is 0 Å². The molecule has 170 valence electrons. The van der Waals surface area contributed by atoms with Crippen molar-refractivity contribution < 1.29 is 19.4 Å². The standard InChI is InChI=1S/C27H27NO4S/c1-15(2)32-21-10-7-19(8-11-21)24(29)22-23(26-17(4)12-13-33-26)28(27(31)25(22)30)20-9-6-16(3)18(5)14-20/h6-15,23,29H,1-5H3/b24-22-. The van der Waals surface area contributed by atoms with Gasteiger partial charge in [-0.05, 0) is 99.2 Å². The molecule has 1 atom stereocenters. The second-order valence-electron chi connectivity index (χ2n) is 8.60. The molecule has 1 saturated heterocycles. The number of hydrogen-bond acceptors (Lipinski definition) is 5. The molecule has 0 spiro atoms. The Morgan fingerprint density at radius 1 is 0.970 bits per heavy atom. The number of rotatable bonds is 5. The summed E-state index contributed by atoms with van der Waals surface area (Å²) < 4.78 is 5.68. The van der Waals surface area contributed by atoms with Gasteiger partial charge in [0.2, 0.25) is 0 Å². The highest BCUT2D eigenvalue weighted by atomic mass is 32.1. The van der Waals surface area contributed by atoms with E-state index in [1.165, 1.54) is 16.2 Å². The summed E-state index contributed by atoms with van der Waals surface area (Å²) in [4.78, 5) is 28.9. The Kier molecular flexibility index (Phi) is 6.13. The lowest BCUT2D eigenvalue weighted by Gasteiger charge is -2.25. The van der Waals surface area contributed by atoms with Crippen LogP contribution in [0.15, 0.2) is 59.5 Å². The minimum Gasteiger partial charge on any atom is -0.507 e. The molecule has 1 unspecified atom stereocenters. The van der Waals surface area contributed by atoms with Gasteiger partial charge in [0.15, 0.2) is 0 Å². The fourth-order valence-corrected chi connectivity index (χ4v) is 5.03. The average molecular weight is 462 g/mol. The summed E-state index contributed by atoms with van der Waals surface area (Å²) in [6, 6.07) is 13.9. The van der Waals surface area contributed by atoms with Crippen LogP contribution in [0.4, 0.5) is 5.69 Å². The molecule has 0 bridgehead atoms. The molecular formula is C27H27NO4S. The van der Waals surface area contributed by atoms with Crippen molar-refractivity contribution in [3.63, 3.8) is 0 Å². The van der Waals surface area contributed by atoms with Crippen LogP contribution in [0, 0.1) is 20.8 Å². The third-order valence-electron chi connectivity index (χ3n) is 5.86. The van der Waals surface area contributed by atoms with E-state index in [9.17, 15) is 14.7 Å². The Bertz CT molecular complexity index is 1250. The first-order valence-corrected chi connectivity index (χ1v) is 11.8. The minimum absolute atomic E-state index is 0.0227. The van der Waals surface area contributed by atoms with Crippen LogP contribution in [-0.4, -0.2) is 22.9 Å². The van der Waals surface area contributed by atoms with Crippen molar-refractivity contribution in [3.05, 3.63) is 86.6 Å². The number of carbonyl (C=O) groups is 2. The SMILES string of the molecule is Cc1ccc(N2C(=O)C(=O)/C(=C(\O)c3ccc(OC(C)C)cc3)C2c2sccc2C)cc1C. The Morgan fingerprint density at radius 3 is 2.24 bits per heavy atom. The molecule has 0 aliphatic carbocycles. The van der Waals surface area contributed by atoms with Crippen molar-refractivity contribution >= 4 is 34.5 Å². The van der Waals surface area contributed by atoms with Crippen LogP contribution in [-0.2, 0) is 9.59 Å². The molecular weight excluding hydrogens is 434 g/mol. The first-order valence-electron chi connectivity index (χ1n) is 10.9. The zero-order chi connectivity index (χ0) is 23.9. The summed E-state index contributed by atoms with van der Waals surface area (Å²) in [5, 5.41) is 13.2. The van der Waals surface area contributed by atoms with Crippen molar-refractivity contribution in [1.82, 2.24) is 0 Å². The summed E-state index contributed by atoms with van der Waals surface area (Å²) in [6.07, 6.45) is 0.0227. The molecule has 1 aliphatic rings. The van der Waals surface area contributed by atoms with E-state index in [1.54, 1.807) is 24.3 Å². The summed E-state index contributed by atoms with van der Waals surface area (Å²) in [7, 11) is 0. The molecule has 1 fully saturated rings. The first-order chi connectivity index (χ1) is 15.7. The van der Waals surface area contributed by atoms with E-state index in [0.29, 0.717) is 17.0 Å². The quantitative estimate of drug-likeness (QED) is 0.284. The van der Waals surface area contributed by atoms with Crippen LogP contribution in [0.25, 0.3) is 5.76 Å². The van der Waals surface area contributed by atoms with Gasteiger partial charge in [0.1, 0.15) is 17.6 Å². The number of carbonyl (C=O) groups excluding carboxylic acids is 2. The van der Waals surface area contributed by atoms with E-state index < -0.39 is 17.7 Å². The lowest BCUT2D eigenvalue weighted by Crippen LogP contribution is -2.29. The van der Waals surface area contributed by atoms with Crippen LogP contribution >= 0.6 is 11.3 Å². The van der Waals surface area contributed by atoms with Crippen LogP contribution in [0.5, 0.6) is 5.75 Å². The topological polar surface area (TPSA) is 66.8 Å². The first kappa shape index (κ1) is 22.8. The zero-order valence-corrected chi connectivity index (χ0v) is 20.2. The molecule has 1 aliphatic heterocycles. The third-order valence-corrected chi connectivity index (χ3v) is 6.93. The lowest BCUT2D eigenvalue weighted by atomic mass is 9.98. The number of anilines is 1. The number of hydrogen-bond donors (Lipinski definition) is 1. The lowest BCUT2D eigenvalue weighted by molar-refractivity contribution is -0.132. The summed E-state index contributed by atoms with van der Waals surface area (Å²) in [6.45, 7) is 9.80. The number of ether oxygens (including phenoxy) is 1. The summed E-state index contributed by atoms with van der Waals surface area (Å²) >= 11 is 1.47. The van der Waals surface area contributed by atoms with Crippen molar-refractivity contribution in [2.45, 2.75) is 46.8 Å². The van der Waals surface area contributed by atoms with Gasteiger partial charge < -0.3 is 9.84 Å². The number of aliphatic hydroxyl groups excluding tert-OH is 1. The Hall–Kier alpha value is -3.38. The molecule has 2 heterocycles. The van der Waals surface area contributed by atoms with E-state index in [4.69, 9.17) is 4.74 Å².